The lowest BCUT2D eigenvalue weighted by molar-refractivity contribution is 0.0933. The van der Waals surface area contributed by atoms with Crippen molar-refractivity contribution in [3.8, 4) is 11.5 Å². The van der Waals surface area contributed by atoms with Gasteiger partial charge in [-0.25, -0.2) is 5.10 Å². The van der Waals surface area contributed by atoms with E-state index in [9.17, 15) is 9.59 Å². The molecule has 0 saturated heterocycles. The Kier molecular flexibility index (Phi) is 5.95. The van der Waals surface area contributed by atoms with Crippen LogP contribution in [-0.2, 0) is 0 Å². The van der Waals surface area contributed by atoms with Crippen molar-refractivity contribution >= 4 is 5.91 Å². The van der Waals surface area contributed by atoms with Crippen molar-refractivity contribution in [3.63, 3.8) is 0 Å². The van der Waals surface area contributed by atoms with Crippen LogP contribution in [0.2, 0.25) is 0 Å². The molecule has 0 saturated carbocycles. The minimum Gasteiger partial charge on any atom is -0.490 e. The molecular formula is C17H21N3O4. The molecule has 128 valence electrons. The third-order valence-corrected chi connectivity index (χ3v) is 3.33. The van der Waals surface area contributed by atoms with Gasteiger partial charge in [-0.3, -0.25) is 9.59 Å². The number of aromatic nitrogens is 2. The van der Waals surface area contributed by atoms with E-state index in [2.05, 4.69) is 15.5 Å². The Morgan fingerprint density at radius 3 is 2.50 bits per heavy atom. The van der Waals surface area contributed by atoms with E-state index in [0.29, 0.717) is 24.7 Å². The molecule has 24 heavy (non-hydrogen) atoms. The lowest BCUT2D eigenvalue weighted by Gasteiger charge is -2.17. The van der Waals surface area contributed by atoms with Gasteiger partial charge in [0.15, 0.2) is 11.5 Å². The van der Waals surface area contributed by atoms with Crippen LogP contribution >= 0.6 is 0 Å². The quantitative estimate of drug-likeness (QED) is 0.810. The van der Waals surface area contributed by atoms with Gasteiger partial charge in [-0.05, 0) is 44.5 Å². The molecule has 1 amide bonds. The highest BCUT2D eigenvalue weighted by Gasteiger charge is 2.15. The molecule has 1 unspecified atom stereocenters. The second-order valence-corrected chi connectivity index (χ2v) is 5.07. The molecule has 2 rings (SSSR count). The summed E-state index contributed by atoms with van der Waals surface area (Å²) in [5.74, 6) is 0.939. The molecule has 1 heterocycles. The van der Waals surface area contributed by atoms with Gasteiger partial charge in [0.05, 0.1) is 19.3 Å². The minimum absolute atomic E-state index is 0.150. The summed E-state index contributed by atoms with van der Waals surface area (Å²) in [5, 5.41) is 8.79. The summed E-state index contributed by atoms with van der Waals surface area (Å²) in [6.07, 6.45) is 0. The predicted octanol–water partition coefficient (Wildman–Crippen LogP) is 2.06. The Labute approximate surface area is 140 Å². The monoisotopic (exact) mass is 331 g/mol. The number of nitrogens with one attached hydrogen (secondary N) is 2. The number of aromatic amines is 1. The summed E-state index contributed by atoms with van der Waals surface area (Å²) in [6.45, 7) is 6.73. The zero-order valence-electron chi connectivity index (χ0n) is 14.0. The van der Waals surface area contributed by atoms with Crippen LogP contribution in [-0.4, -0.2) is 29.3 Å². The molecule has 2 aromatic rings. The van der Waals surface area contributed by atoms with E-state index in [0.717, 1.165) is 5.56 Å². The van der Waals surface area contributed by atoms with Crippen LogP contribution < -0.4 is 20.3 Å². The van der Waals surface area contributed by atoms with Gasteiger partial charge in [0.25, 0.3) is 11.5 Å². The molecule has 0 bridgehead atoms. The molecule has 0 aliphatic carbocycles. The lowest BCUT2D eigenvalue weighted by atomic mass is 10.1. The molecule has 7 heteroatoms. The smallest absolute Gasteiger partial charge is 0.272 e. The van der Waals surface area contributed by atoms with Crippen LogP contribution in [0.1, 0.15) is 42.9 Å². The van der Waals surface area contributed by atoms with E-state index in [1.807, 2.05) is 39.0 Å². The molecule has 0 spiro atoms. The van der Waals surface area contributed by atoms with Crippen molar-refractivity contribution in [1.82, 2.24) is 15.5 Å². The van der Waals surface area contributed by atoms with Crippen LogP contribution in [0, 0.1) is 0 Å². The number of H-pyrrole nitrogens is 1. The maximum Gasteiger partial charge on any atom is 0.272 e. The van der Waals surface area contributed by atoms with E-state index >= 15 is 0 Å². The fourth-order valence-corrected chi connectivity index (χ4v) is 2.16. The second kappa shape index (κ2) is 8.14. The van der Waals surface area contributed by atoms with Crippen LogP contribution in [0.3, 0.4) is 0 Å². The summed E-state index contributed by atoms with van der Waals surface area (Å²) in [5.41, 5.74) is 0.671. The minimum atomic E-state index is -0.370. The summed E-state index contributed by atoms with van der Waals surface area (Å²) < 4.78 is 11.1. The van der Waals surface area contributed by atoms with Crippen molar-refractivity contribution in [2.75, 3.05) is 13.2 Å². The van der Waals surface area contributed by atoms with E-state index in [-0.39, 0.29) is 23.2 Å². The fraction of sp³-hybridized carbons (Fsp3) is 0.353. The number of hydrogen-bond donors (Lipinski definition) is 2. The molecule has 0 radical (unpaired) electrons. The Hall–Kier alpha value is -2.83. The SMILES string of the molecule is CCOc1ccc(C(C)NC(=O)c2ccc(=O)[nH]n2)cc1OCC. The van der Waals surface area contributed by atoms with Crippen LogP contribution in [0.5, 0.6) is 11.5 Å². The standard InChI is InChI=1S/C17H21N3O4/c1-4-23-14-8-6-12(10-15(14)24-5-2)11(3)18-17(22)13-7-9-16(21)20-19-13/h6-11H,4-5H2,1-3H3,(H,18,22)(H,20,21). The van der Waals surface area contributed by atoms with Gasteiger partial charge in [-0.15, -0.1) is 0 Å². The first-order valence-corrected chi connectivity index (χ1v) is 7.81. The van der Waals surface area contributed by atoms with Crippen molar-refractivity contribution in [3.05, 3.63) is 51.9 Å². The van der Waals surface area contributed by atoms with Gasteiger partial charge < -0.3 is 14.8 Å². The molecule has 0 aliphatic rings. The van der Waals surface area contributed by atoms with Gasteiger partial charge >= 0.3 is 0 Å². The first-order valence-electron chi connectivity index (χ1n) is 7.81. The lowest BCUT2D eigenvalue weighted by Crippen LogP contribution is -2.28. The number of ether oxygens (including phenoxy) is 2. The molecule has 0 fully saturated rings. The van der Waals surface area contributed by atoms with Crippen molar-refractivity contribution in [1.29, 1.82) is 0 Å². The van der Waals surface area contributed by atoms with E-state index in [4.69, 9.17) is 9.47 Å². The van der Waals surface area contributed by atoms with Gasteiger partial charge in [0, 0.05) is 6.07 Å². The highest BCUT2D eigenvalue weighted by molar-refractivity contribution is 5.92. The van der Waals surface area contributed by atoms with Crippen LogP contribution in [0.15, 0.2) is 35.1 Å². The summed E-state index contributed by atoms with van der Waals surface area (Å²) >= 11 is 0. The molecule has 1 aromatic heterocycles. The van der Waals surface area contributed by atoms with E-state index in [1.165, 1.54) is 12.1 Å². The maximum absolute atomic E-state index is 12.2. The normalized spacial score (nSPS) is 11.6. The molecule has 1 aromatic carbocycles. The van der Waals surface area contributed by atoms with Gasteiger partial charge in [0.2, 0.25) is 0 Å². The topological polar surface area (TPSA) is 93.3 Å². The third kappa shape index (κ3) is 4.34. The molecule has 2 N–H and O–H groups in total. The Morgan fingerprint density at radius 2 is 1.88 bits per heavy atom. The number of rotatable bonds is 7. The average Bonchev–Trinajstić information content (AvgIpc) is 2.57. The van der Waals surface area contributed by atoms with E-state index < -0.39 is 0 Å². The highest BCUT2D eigenvalue weighted by atomic mass is 16.5. The summed E-state index contributed by atoms with van der Waals surface area (Å²) in [4.78, 5) is 23.2. The van der Waals surface area contributed by atoms with E-state index in [1.54, 1.807) is 0 Å². The summed E-state index contributed by atoms with van der Waals surface area (Å²) in [7, 11) is 0. The molecule has 1 atom stereocenters. The number of benzene rings is 1. The van der Waals surface area contributed by atoms with Crippen LogP contribution in [0.4, 0.5) is 0 Å². The van der Waals surface area contributed by atoms with Gasteiger partial charge in [0.1, 0.15) is 5.69 Å². The third-order valence-electron chi connectivity index (χ3n) is 3.33. The van der Waals surface area contributed by atoms with Crippen molar-refractivity contribution < 1.29 is 14.3 Å². The zero-order valence-corrected chi connectivity index (χ0v) is 14.0. The summed E-state index contributed by atoms with van der Waals surface area (Å²) in [6, 6.07) is 7.92. The number of amides is 1. The first-order chi connectivity index (χ1) is 11.5. The van der Waals surface area contributed by atoms with Gasteiger partial charge in [-0.2, -0.15) is 5.10 Å². The van der Waals surface area contributed by atoms with Crippen LogP contribution in [0.25, 0.3) is 0 Å². The Balaban J connectivity index is 2.15. The van der Waals surface area contributed by atoms with Crippen molar-refractivity contribution in [2.45, 2.75) is 26.8 Å². The molecule has 7 nitrogen and oxygen atoms in total. The number of nitrogens with zero attached hydrogens (tertiary/aromatic N) is 1. The highest BCUT2D eigenvalue weighted by Crippen LogP contribution is 2.30. The Morgan fingerprint density at radius 1 is 1.17 bits per heavy atom. The predicted molar refractivity (Wildman–Crippen MR) is 89.5 cm³/mol. The number of carbonyl (C=O) groups is 1. The average molecular weight is 331 g/mol. The molecule has 0 aliphatic heterocycles. The number of hydrogen-bond acceptors (Lipinski definition) is 5. The molecular weight excluding hydrogens is 310 g/mol. The number of carbonyl (C=O) groups excluding carboxylic acids is 1. The zero-order chi connectivity index (χ0) is 17.5. The fourth-order valence-electron chi connectivity index (χ4n) is 2.16. The van der Waals surface area contributed by atoms with Crippen molar-refractivity contribution in [2.24, 2.45) is 0 Å². The first kappa shape index (κ1) is 17.5. The largest absolute Gasteiger partial charge is 0.490 e. The Bertz CT molecular complexity index is 737. The maximum atomic E-state index is 12.2. The van der Waals surface area contributed by atoms with Gasteiger partial charge in [-0.1, -0.05) is 6.07 Å². The second-order valence-electron chi connectivity index (χ2n) is 5.07.